The first-order valence-electron chi connectivity index (χ1n) is 10.7. The predicted octanol–water partition coefficient (Wildman–Crippen LogP) is 3.75. The van der Waals surface area contributed by atoms with Gasteiger partial charge in [0.15, 0.2) is 0 Å². The Labute approximate surface area is 225 Å². The van der Waals surface area contributed by atoms with E-state index in [1.165, 1.54) is 30.5 Å². The summed E-state index contributed by atoms with van der Waals surface area (Å²) in [4.78, 5) is 16.6. The number of nitrogen functional groups attached to an aromatic ring is 1. The van der Waals surface area contributed by atoms with E-state index in [9.17, 15) is 23.7 Å². The first kappa shape index (κ1) is 26.6. The van der Waals surface area contributed by atoms with Gasteiger partial charge in [-0.1, -0.05) is 11.3 Å². The van der Waals surface area contributed by atoms with E-state index in [4.69, 9.17) is 10.2 Å². The SMILES string of the molecule is Cc1nnc(NS(=O)(=O)c2ccc(NC(=O)CCSc3nc(N)c(C#N)c(-c4ccco4)c3C#N)cc2)s1. The number of carbonyl (C=O) groups excluding carboxylic acids is 1. The molecule has 0 unspecified atom stereocenters. The fourth-order valence-electron chi connectivity index (χ4n) is 3.26. The van der Waals surface area contributed by atoms with Crippen LogP contribution in [0, 0.1) is 29.6 Å². The summed E-state index contributed by atoms with van der Waals surface area (Å²) in [6.45, 7) is 1.71. The lowest BCUT2D eigenvalue weighted by Crippen LogP contribution is -2.14. The number of amides is 1. The molecule has 0 saturated carbocycles. The molecule has 0 aliphatic heterocycles. The summed E-state index contributed by atoms with van der Waals surface area (Å²) in [7, 11) is -3.85. The third kappa shape index (κ3) is 5.92. The van der Waals surface area contributed by atoms with Crippen LogP contribution in [0.4, 0.5) is 16.6 Å². The van der Waals surface area contributed by atoms with Crippen molar-refractivity contribution in [2.45, 2.75) is 23.3 Å². The van der Waals surface area contributed by atoms with Crippen molar-refractivity contribution in [1.29, 1.82) is 10.5 Å². The van der Waals surface area contributed by atoms with Crippen molar-refractivity contribution in [3.8, 4) is 23.5 Å². The maximum Gasteiger partial charge on any atom is 0.263 e. The molecule has 4 N–H and O–H groups in total. The zero-order valence-corrected chi connectivity index (χ0v) is 22.1. The molecule has 0 bridgehead atoms. The quantitative estimate of drug-likeness (QED) is 0.249. The van der Waals surface area contributed by atoms with Crippen molar-refractivity contribution >= 4 is 55.7 Å². The second kappa shape index (κ2) is 11.3. The molecule has 12 nitrogen and oxygen atoms in total. The van der Waals surface area contributed by atoms with E-state index in [2.05, 4.69) is 31.3 Å². The molecule has 0 aliphatic rings. The third-order valence-corrected chi connectivity index (χ3v) is 8.16. The van der Waals surface area contributed by atoms with Crippen molar-refractivity contribution in [1.82, 2.24) is 15.2 Å². The number of pyridine rings is 1. The van der Waals surface area contributed by atoms with Crippen LogP contribution in [-0.4, -0.2) is 35.3 Å². The summed E-state index contributed by atoms with van der Waals surface area (Å²) in [5.74, 6) is 0.192. The van der Waals surface area contributed by atoms with E-state index in [1.54, 1.807) is 19.1 Å². The number of aryl methyl sites for hydroxylation is 1. The van der Waals surface area contributed by atoms with E-state index in [-0.39, 0.29) is 55.6 Å². The fraction of sp³-hybridized carbons (Fsp3) is 0.130. The van der Waals surface area contributed by atoms with E-state index in [0.717, 1.165) is 23.1 Å². The van der Waals surface area contributed by atoms with Gasteiger partial charge >= 0.3 is 0 Å². The van der Waals surface area contributed by atoms with Gasteiger partial charge in [0.2, 0.25) is 11.0 Å². The van der Waals surface area contributed by atoms with Gasteiger partial charge < -0.3 is 15.5 Å². The van der Waals surface area contributed by atoms with Gasteiger partial charge in [-0.05, 0) is 43.3 Å². The molecule has 0 radical (unpaired) electrons. The Kier molecular flexibility index (Phi) is 7.92. The molecule has 1 aromatic carbocycles. The molecule has 3 heterocycles. The Hall–Kier alpha value is -4.44. The summed E-state index contributed by atoms with van der Waals surface area (Å²) >= 11 is 2.25. The van der Waals surface area contributed by atoms with Gasteiger partial charge in [-0.15, -0.1) is 22.0 Å². The zero-order chi connectivity index (χ0) is 27.3. The average molecular weight is 567 g/mol. The number of thioether (sulfide) groups is 1. The second-order valence-electron chi connectivity index (χ2n) is 7.53. The van der Waals surface area contributed by atoms with Crippen LogP contribution in [0.3, 0.4) is 0 Å². The Morgan fingerprint density at radius 3 is 2.50 bits per heavy atom. The smallest absolute Gasteiger partial charge is 0.263 e. The number of sulfonamides is 1. The Morgan fingerprint density at radius 1 is 1.16 bits per heavy atom. The highest BCUT2D eigenvalue weighted by molar-refractivity contribution is 7.99. The first-order chi connectivity index (χ1) is 18.2. The molecule has 1 amide bonds. The van der Waals surface area contributed by atoms with Gasteiger partial charge in [-0.25, -0.2) is 13.4 Å². The molecule has 0 aliphatic carbocycles. The number of hydrogen-bond donors (Lipinski definition) is 3. The molecule has 4 rings (SSSR count). The molecule has 4 aromatic rings. The van der Waals surface area contributed by atoms with Gasteiger partial charge in [0.05, 0.1) is 22.3 Å². The lowest BCUT2D eigenvalue weighted by molar-refractivity contribution is -0.115. The number of benzene rings is 1. The van der Waals surface area contributed by atoms with Gasteiger partial charge in [-0.3, -0.25) is 9.52 Å². The average Bonchev–Trinajstić information content (AvgIpc) is 3.55. The molecular formula is C23H18N8O4S3. The van der Waals surface area contributed by atoms with Gasteiger partial charge in [0, 0.05) is 17.9 Å². The molecule has 0 fully saturated rings. The summed E-state index contributed by atoms with van der Waals surface area (Å²) in [5.41, 5.74) is 6.78. The standard InChI is InChI=1S/C23H18N8O4S3/c1-13-29-30-23(37-13)31-38(33,34)15-6-4-14(5-7-15)27-19(32)8-10-36-22-17(12-25)20(18-3-2-9-35-18)16(11-24)21(26)28-22/h2-7,9H,8,10H2,1H3,(H2,26,28)(H,27,32)(H,30,31). The van der Waals surface area contributed by atoms with Crippen molar-refractivity contribution in [3.63, 3.8) is 0 Å². The number of nitriles is 2. The summed E-state index contributed by atoms with van der Waals surface area (Å²) in [5, 5.41) is 30.5. The molecule has 38 heavy (non-hydrogen) atoms. The molecule has 15 heteroatoms. The lowest BCUT2D eigenvalue weighted by Gasteiger charge is -2.11. The van der Waals surface area contributed by atoms with E-state index >= 15 is 0 Å². The number of furan rings is 1. The van der Waals surface area contributed by atoms with E-state index in [1.807, 2.05) is 6.07 Å². The predicted molar refractivity (Wildman–Crippen MR) is 142 cm³/mol. The van der Waals surface area contributed by atoms with Crippen molar-refractivity contribution in [2.24, 2.45) is 0 Å². The topological polar surface area (TPSA) is 201 Å². The number of anilines is 3. The molecular weight excluding hydrogens is 549 g/mol. The molecule has 3 aromatic heterocycles. The second-order valence-corrected chi connectivity index (χ2v) is 11.5. The number of nitrogens with zero attached hydrogens (tertiary/aromatic N) is 5. The Morgan fingerprint density at radius 2 is 1.89 bits per heavy atom. The summed E-state index contributed by atoms with van der Waals surface area (Å²) in [6, 6.07) is 12.9. The third-order valence-electron chi connectivity index (χ3n) is 4.95. The number of nitrogens with two attached hydrogens (primary N) is 1. The Balaban J connectivity index is 1.39. The van der Waals surface area contributed by atoms with E-state index < -0.39 is 10.0 Å². The number of rotatable bonds is 9. The highest BCUT2D eigenvalue weighted by atomic mass is 32.2. The first-order valence-corrected chi connectivity index (χ1v) is 14.0. The van der Waals surface area contributed by atoms with Crippen LogP contribution in [0.25, 0.3) is 11.3 Å². The molecule has 0 saturated heterocycles. The normalized spacial score (nSPS) is 10.9. The largest absolute Gasteiger partial charge is 0.464 e. The molecule has 0 atom stereocenters. The highest BCUT2D eigenvalue weighted by Crippen LogP contribution is 2.36. The minimum Gasteiger partial charge on any atom is -0.464 e. The zero-order valence-electron chi connectivity index (χ0n) is 19.6. The fourth-order valence-corrected chi connectivity index (χ4v) is 6.02. The Bertz CT molecular complexity index is 1670. The van der Waals surface area contributed by atoms with Crippen LogP contribution in [0.2, 0.25) is 0 Å². The van der Waals surface area contributed by atoms with Gasteiger partial charge in [0.25, 0.3) is 10.0 Å². The minimum atomic E-state index is -3.85. The van der Waals surface area contributed by atoms with Crippen LogP contribution in [-0.2, 0) is 14.8 Å². The van der Waals surface area contributed by atoms with Crippen molar-refractivity contribution in [3.05, 3.63) is 58.8 Å². The maximum atomic E-state index is 12.5. The van der Waals surface area contributed by atoms with Crippen molar-refractivity contribution < 1.29 is 17.6 Å². The van der Waals surface area contributed by atoms with Crippen LogP contribution < -0.4 is 15.8 Å². The number of aromatic nitrogens is 3. The molecule has 0 spiro atoms. The van der Waals surface area contributed by atoms with Crippen LogP contribution in [0.5, 0.6) is 0 Å². The van der Waals surface area contributed by atoms with Crippen molar-refractivity contribution in [2.75, 3.05) is 21.5 Å². The maximum absolute atomic E-state index is 12.5. The number of carbonyl (C=O) groups is 1. The lowest BCUT2D eigenvalue weighted by atomic mass is 10.0. The van der Waals surface area contributed by atoms with Gasteiger partial charge in [-0.2, -0.15) is 10.5 Å². The monoisotopic (exact) mass is 566 g/mol. The summed E-state index contributed by atoms with van der Waals surface area (Å²) < 4.78 is 32.8. The van der Waals surface area contributed by atoms with Crippen LogP contribution in [0.15, 0.2) is 57.0 Å². The number of nitrogens with one attached hydrogen (secondary N) is 2. The van der Waals surface area contributed by atoms with Crippen LogP contribution in [0.1, 0.15) is 22.6 Å². The summed E-state index contributed by atoms with van der Waals surface area (Å²) in [6.07, 6.45) is 1.48. The molecule has 192 valence electrons. The van der Waals surface area contributed by atoms with Crippen LogP contribution >= 0.6 is 23.1 Å². The van der Waals surface area contributed by atoms with Gasteiger partial charge in [0.1, 0.15) is 39.3 Å². The minimum absolute atomic E-state index is 0.000203. The van der Waals surface area contributed by atoms with E-state index in [0.29, 0.717) is 16.5 Å². The highest BCUT2D eigenvalue weighted by Gasteiger charge is 2.22. The number of hydrogen-bond acceptors (Lipinski definition) is 12.